The zero-order valence-corrected chi connectivity index (χ0v) is 20.3. The number of hydrogen-bond acceptors (Lipinski definition) is 4. The van der Waals surface area contributed by atoms with E-state index >= 15 is 0 Å². The van der Waals surface area contributed by atoms with Gasteiger partial charge in [0.2, 0.25) is 17.6 Å². The Morgan fingerprint density at radius 3 is 2.18 bits per heavy atom. The Hall–Kier alpha value is -2.64. The van der Waals surface area contributed by atoms with Gasteiger partial charge in [-0.25, -0.2) is 0 Å². The van der Waals surface area contributed by atoms with Gasteiger partial charge >= 0.3 is 0 Å². The smallest absolute Gasteiger partial charge is 0.245 e. The molecule has 6 nitrogen and oxygen atoms in total. The summed E-state index contributed by atoms with van der Waals surface area (Å²) >= 11 is -1.43. The Kier molecular flexibility index (Phi) is 8.40. The molecule has 0 N–H and O–H groups in total. The molecule has 2 amide bonds. The van der Waals surface area contributed by atoms with Gasteiger partial charge in [0.05, 0.1) is 6.04 Å². The Morgan fingerprint density at radius 2 is 1.47 bits per heavy atom. The Bertz CT molecular complexity index is 985. The molecular formula is C27H32N2O4S. The summed E-state index contributed by atoms with van der Waals surface area (Å²) in [7, 11) is 0. The van der Waals surface area contributed by atoms with Crippen molar-refractivity contribution in [2.75, 3.05) is 18.8 Å². The summed E-state index contributed by atoms with van der Waals surface area (Å²) in [6.45, 7) is 1.10. The van der Waals surface area contributed by atoms with Gasteiger partial charge < -0.3 is 14.4 Å². The molecule has 2 saturated heterocycles. The molecule has 2 aliphatic rings. The summed E-state index contributed by atoms with van der Waals surface area (Å²) in [5.74, 6) is -0.369. The number of hydrogen-bond donors (Lipinski definition) is 0. The highest BCUT2D eigenvalue weighted by Crippen LogP contribution is 2.27. The lowest BCUT2D eigenvalue weighted by Gasteiger charge is -2.31. The highest BCUT2D eigenvalue weighted by molar-refractivity contribution is 7.92. The third-order valence-electron chi connectivity index (χ3n) is 6.74. The molecule has 0 aliphatic carbocycles. The van der Waals surface area contributed by atoms with Crippen LogP contribution in [0.15, 0.2) is 65.6 Å². The van der Waals surface area contributed by atoms with Crippen molar-refractivity contribution in [1.29, 1.82) is 0 Å². The van der Waals surface area contributed by atoms with Gasteiger partial charge in [-0.3, -0.25) is 14.4 Å². The molecule has 0 spiro atoms. The van der Waals surface area contributed by atoms with E-state index in [1.807, 2.05) is 24.3 Å². The van der Waals surface area contributed by atoms with Gasteiger partial charge in [0.1, 0.15) is 6.04 Å². The average Bonchev–Trinajstić information content (AvgIpc) is 3.55. The lowest BCUT2D eigenvalue weighted by molar-refractivity contribution is -0.146. The van der Waals surface area contributed by atoms with Crippen molar-refractivity contribution >= 4 is 28.8 Å². The number of nitrogens with zero attached hydrogens (tertiary/aromatic N) is 2. The summed E-state index contributed by atoms with van der Waals surface area (Å²) in [4.78, 5) is 43.3. The van der Waals surface area contributed by atoms with E-state index in [0.29, 0.717) is 37.2 Å². The van der Waals surface area contributed by atoms with E-state index in [1.165, 1.54) is 5.56 Å². The summed E-state index contributed by atoms with van der Waals surface area (Å²) < 4.78 is 12.6. The highest BCUT2D eigenvalue weighted by Gasteiger charge is 2.42. The first-order valence-corrected chi connectivity index (χ1v) is 13.5. The zero-order chi connectivity index (χ0) is 23.9. The van der Waals surface area contributed by atoms with Crippen LogP contribution in [-0.2, 0) is 32.0 Å². The van der Waals surface area contributed by atoms with Gasteiger partial charge in [-0.05, 0) is 67.4 Å². The topological polar surface area (TPSA) is 80.8 Å². The second-order valence-corrected chi connectivity index (χ2v) is 10.5. The molecular weight excluding hydrogens is 448 g/mol. The van der Waals surface area contributed by atoms with Crippen LogP contribution in [-0.4, -0.2) is 62.9 Å². The van der Waals surface area contributed by atoms with Gasteiger partial charge in [-0.2, -0.15) is 0 Å². The fourth-order valence-electron chi connectivity index (χ4n) is 4.99. The molecule has 2 aromatic rings. The predicted molar refractivity (Wildman–Crippen MR) is 132 cm³/mol. The van der Waals surface area contributed by atoms with E-state index in [9.17, 15) is 18.9 Å². The quantitative estimate of drug-likeness (QED) is 0.516. The van der Waals surface area contributed by atoms with Gasteiger partial charge in [-0.1, -0.05) is 48.5 Å². The Labute approximate surface area is 204 Å². The van der Waals surface area contributed by atoms with Crippen LogP contribution in [0.2, 0.25) is 0 Å². The van der Waals surface area contributed by atoms with Crippen molar-refractivity contribution in [2.45, 2.75) is 61.9 Å². The number of carbonyl (C=O) groups excluding carboxylic acids is 3. The molecule has 2 aliphatic heterocycles. The minimum Gasteiger partial charge on any atom is -0.611 e. The molecule has 0 bridgehead atoms. The van der Waals surface area contributed by atoms with Crippen molar-refractivity contribution in [3.8, 4) is 0 Å². The summed E-state index contributed by atoms with van der Waals surface area (Å²) in [6, 6.07) is 18.0. The number of aryl methyl sites for hydroxylation is 1. The van der Waals surface area contributed by atoms with Crippen LogP contribution < -0.4 is 0 Å². The molecule has 7 heteroatoms. The number of Topliss-reactive ketones (excluding diaryl/α,β-unsaturated/α-hetero) is 1. The van der Waals surface area contributed by atoms with Crippen molar-refractivity contribution in [2.24, 2.45) is 0 Å². The molecule has 2 fully saturated rings. The van der Waals surface area contributed by atoms with E-state index in [4.69, 9.17) is 0 Å². The van der Waals surface area contributed by atoms with Crippen molar-refractivity contribution in [3.63, 3.8) is 0 Å². The van der Waals surface area contributed by atoms with E-state index < -0.39 is 23.3 Å². The normalized spacial score (nSPS) is 21.0. The molecule has 180 valence electrons. The van der Waals surface area contributed by atoms with E-state index in [1.54, 1.807) is 34.1 Å². The van der Waals surface area contributed by atoms with E-state index in [-0.39, 0.29) is 23.4 Å². The van der Waals surface area contributed by atoms with Crippen LogP contribution in [0, 0.1) is 0 Å². The molecule has 3 atom stereocenters. The average molecular weight is 481 g/mol. The largest absolute Gasteiger partial charge is 0.611 e. The monoisotopic (exact) mass is 480 g/mol. The first kappa shape index (κ1) is 24.5. The maximum atomic E-state index is 13.4. The molecule has 2 aromatic carbocycles. The Balaban J connectivity index is 1.33. The number of carbonyl (C=O) groups is 3. The van der Waals surface area contributed by atoms with Crippen LogP contribution in [0.1, 0.15) is 44.1 Å². The predicted octanol–water partition coefficient (Wildman–Crippen LogP) is 3.37. The number of amides is 2. The van der Waals surface area contributed by atoms with Gasteiger partial charge in [-0.15, -0.1) is 0 Å². The summed E-state index contributed by atoms with van der Waals surface area (Å²) in [5.41, 5.74) is 1.20. The minimum absolute atomic E-state index is 0.0130. The van der Waals surface area contributed by atoms with Gasteiger partial charge in [0, 0.05) is 19.5 Å². The molecule has 0 radical (unpaired) electrons. The fraction of sp³-hybridized carbons (Fsp3) is 0.444. The number of ketones is 1. The molecule has 4 rings (SSSR count). The van der Waals surface area contributed by atoms with Crippen molar-refractivity contribution in [3.05, 3.63) is 66.2 Å². The number of likely N-dealkylation sites (tertiary alicyclic amines) is 2. The second-order valence-electron chi connectivity index (χ2n) is 9.04. The van der Waals surface area contributed by atoms with Gasteiger partial charge in [0.25, 0.3) is 0 Å². The first-order chi connectivity index (χ1) is 16.5. The van der Waals surface area contributed by atoms with Crippen LogP contribution >= 0.6 is 0 Å². The van der Waals surface area contributed by atoms with Gasteiger partial charge in [0.15, 0.2) is 10.6 Å². The SMILES string of the molecule is O=C(C[S+]([O-])c1ccccc1)[C@@H]1CCCN1C(=O)[C@H]1CCCN1C(=O)CCCc1ccccc1. The zero-order valence-electron chi connectivity index (χ0n) is 19.4. The third kappa shape index (κ3) is 5.88. The highest BCUT2D eigenvalue weighted by atomic mass is 32.2. The summed E-state index contributed by atoms with van der Waals surface area (Å²) in [6.07, 6.45) is 4.77. The molecule has 2 heterocycles. The van der Waals surface area contributed by atoms with Crippen LogP contribution in [0.4, 0.5) is 0 Å². The maximum absolute atomic E-state index is 13.4. The fourth-order valence-corrected chi connectivity index (χ4v) is 6.07. The van der Waals surface area contributed by atoms with Crippen molar-refractivity contribution in [1.82, 2.24) is 9.80 Å². The summed E-state index contributed by atoms with van der Waals surface area (Å²) in [5, 5.41) is 0. The third-order valence-corrected chi connectivity index (χ3v) is 8.09. The van der Waals surface area contributed by atoms with Crippen LogP contribution in [0.5, 0.6) is 0 Å². The van der Waals surface area contributed by atoms with Crippen molar-refractivity contribution < 1.29 is 18.9 Å². The van der Waals surface area contributed by atoms with Crippen LogP contribution in [0.3, 0.4) is 0 Å². The minimum atomic E-state index is -1.43. The second kappa shape index (κ2) is 11.7. The molecule has 1 unspecified atom stereocenters. The van der Waals surface area contributed by atoms with Crippen LogP contribution in [0.25, 0.3) is 0 Å². The Morgan fingerprint density at radius 1 is 0.853 bits per heavy atom. The number of rotatable bonds is 9. The molecule has 0 aromatic heterocycles. The lowest BCUT2D eigenvalue weighted by Crippen LogP contribution is -2.51. The number of benzene rings is 2. The van der Waals surface area contributed by atoms with E-state index in [0.717, 1.165) is 25.7 Å². The first-order valence-electron chi connectivity index (χ1n) is 12.1. The standard InChI is InChI=1S/C27H32N2O4S/c30-25(20-34(33)22-13-5-2-6-14-22)23-15-8-19-29(23)27(32)24-16-9-18-28(24)26(31)17-7-12-21-10-3-1-4-11-21/h1-6,10-11,13-14,23-24H,7-9,12,15-20H2/t23-,24+,34?/m0/s1. The maximum Gasteiger partial charge on any atom is 0.245 e. The lowest BCUT2D eigenvalue weighted by atomic mass is 10.1. The van der Waals surface area contributed by atoms with E-state index in [2.05, 4.69) is 12.1 Å². The molecule has 0 saturated carbocycles. The molecule has 34 heavy (non-hydrogen) atoms.